The van der Waals surface area contributed by atoms with Crippen LogP contribution in [0.1, 0.15) is 26.7 Å². The number of hydrogen-bond acceptors (Lipinski definition) is 7. The normalized spacial score (nSPS) is 11.2. The molecular formula is C12H21N5O3. The van der Waals surface area contributed by atoms with E-state index in [-0.39, 0.29) is 23.5 Å². The largest absolute Gasteiger partial charge is 0.396 e. The third-order valence-electron chi connectivity index (χ3n) is 2.94. The summed E-state index contributed by atoms with van der Waals surface area (Å²) in [5.74, 6) is 0.526. The fourth-order valence-electron chi connectivity index (χ4n) is 1.73. The molecule has 0 atom stereocenters. The van der Waals surface area contributed by atoms with Crippen molar-refractivity contribution in [3.8, 4) is 0 Å². The van der Waals surface area contributed by atoms with Gasteiger partial charge >= 0.3 is 5.69 Å². The second-order valence-electron chi connectivity index (χ2n) is 5.28. The molecule has 8 nitrogen and oxygen atoms in total. The first-order valence-electron chi connectivity index (χ1n) is 6.43. The lowest BCUT2D eigenvalue weighted by Gasteiger charge is -2.24. The van der Waals surface area contributed by atoms with E-state index in [1.54, 1.807) is 7.05 Å². The van der Waals surface area contributed by atoms with Crippen molar-refractivity contribution in [2.45, 2.75) is 26.7 Å². The number of nitro groups is 1. The molecule has 112 valence electrons. The van der Waals surface area contributed by atoms with Crippen LogP contribution in [0.25, 0.3) is 0 Å². The molecule has 1 aromatic heterocycles. The lowest BCUT2D eigenvalue weighted by molar-refractivity contribution is -0.384. The van der Waals surface area contributed by atoms with Gasteiger partial charge in [0.2, 0.25) is 11.8 Å². The van der Waals surface area contributed by atoms with E-state index in [1.807, 2.05) is 13.8 Å². The fourth-order valence-corrected chi connectivity index (χ4v) is 1.73. The molecule has 0 radical (unpaired) electrons. The third kappa shape index (κ3) is 4.61. The summed E-state index contributed by atoms with van der Waals surface area (Å²) >= 11 is 0. The number of aliphatic hydroxyl groups excluding tert-OH is 1. The zero-order valence-electron chi connectivity index (χ0n) is 12.0. The van der Waals surface area contributed by atoms with Gasteiger partial charge in [-0.25, -0.2) is 4.98 Å². The van der Waals surface area contributed by atoms with E-state index in [2.05, 4.69) is 20.6 Å². The van der Waals surface area contributed by atoms with E-state index in [9.17, 15) is 10.1 Å². The van der Waals surface area contributed by atoms with Gasteiger partial charge < -0.3 is 15.7 Å². The first kappa shape index (κ1) is 16.1. The van der Waals surface area contributed by atoms with Crippen molar-refractivity contribution < 1.29 is 10.0 Å². The molecule has 0 bridgehead atoms. The molecule has 0 aliphatic heterocycles. The Bertz CT molecular complexity index is 464. The molecule has 0 saturated heterocycles. The quantitative estimate of drug-likeness (QED) is 0.491. The number of aromatic nitrogens is 2. The van der Waals surface area contributed by atoms with Crippen LogP contribution in [0, 0.1) is 15.5 Å². The van der Waals surface area contributed by atoms with Gasteiger partial charge in [0.25, 0.3) is 0 Å². The Morgan fingerprint density at radius 2 is 2.20 bits per heavy atom. The smallest absolute Gasteiger partial charge is 0.329 e. The minimum atomic E-state index is -0.511. The molecule has 1 aromatic rings. The van der Waals surface area contributed by atoms with Crippen molar-refractivity contribution in [3.63, 3.8) is 0 Å². The van der Waals surface area contributed by atoms with Crippen molar-refractivity contribution in [1.29, 1.82) is 0 Å². The van der Waals surface area contributed by atoms with Crippen LogP contribution in [0.15, 0.2) is 6.20 Å². The number of aliphatic hydroxyl groups is 1. The molecule has 0 unspecified atom stereocenters. The van der Waals surface area contributed by atoms with E-state index in [4.69, 9.17) is 5.11 Å². The Kier molecular flexibility index (Phi) is 5.63. The van der Waals surface area contributed by atoms with Crippen LogP contribution in [-0.4, -0.2) is 40.2 Å². The second-order valence-corrected chi connectivity index (χ2v) is 5.28. The molecule has 0 saturated carbocycles. The van der Waals surface area contributed by atoms with Gasteiger partial charge in [0.1, 0.15) is 6.20 Å². The molecule has 0 amide bonds. The summed E-state index contributed by atoms with van der Waals surface area (Å²) in [7, 11) is 1.65. The molecule has 0 fully saturated rings. The van der Waals surface area contributed by atoms with Crippen LogP contribution < -0.4 is 10.6 Å². The summed E-state index contributed by atoms with van der Waals surface area (Å²) in [6.45, 7) is 4.72. The highest BCUT2D eigenvalue weighted by atomic mass is 16.6. The molecule has 1 rings (SSSR count). The van der Waals surface area contributed by atoms with Gasteiger partial charge in [0, 0.05) is 20.2 Å². The zero-order chi connectivity index (χ0) is 15.2. The maximum absolute atomic E-state index is 11.0. The molecule has 3 N–H and O–H groups in total. The summed E-state index contributed by atoms with van der Waals surface area (Å²) in [5.41, 5.74) is -0.247. The van der Waals surface area contributed by atoms with Crippen LogP contribution in [0.4, 0.5) is 17.5 Å². The Hall–Kier alpha value is -1.96. The first-order valence-corrected chi connectivity index (χ1v) is 6.43. The summed E-state index contributed by atoms with van der Waals surface area (Å²) in [4.78, 5) is 18.3. The number of nitrogens with one attached hydrogen (secondary N) is 2. The van der Waals surface area contributed by atoms with Crippen molar-refractivity contribution >= 4 is 17.5 Å². The number of hydrogen-bond donors (Lipinski definition) is 3. The molecule has 20 heavy (non-hydrogen) atoms. The van der Waals surface area contributed by atoms with E-state index in [1.165, 1.54) is 6.20 Å². The van der Waals surface area contributed by atoms with Gasteiger partial charge in [0.15, 0.2) is 0 Å². The average Bonchev–Trinajstić information content (AvgIpc) is 2.42. The molecule has 8 heteroatoms. The predicted octanol–water partition coefficient (Wildman–Crippen LogP) is 1.64. The van der Waals surface area contributed by atoms with Crippen molar-refractivity contribution in [3.05, 3.63) is 16.3 Å². The van der Waals surface area contributed by atoms with Crippen LogP contribution in [0.3, 0.4) is 0 Å². The Balaban J connectivity index is 2.82. The van der Waals surface area contributed by atoms with Gasteiger partial charge in [-0.2, -0.15) is 4.98 Å². The average molecular weight is 283 g/mol. The molecule has 1 heterocycles. The summed E-state index contributed by atoms with van der Waals surface area (Å²) < 4.78 is 0. The molecule has 0 spiro atoms. The third-order valence-corrected chi connectivity index (χ3v) is 2.94. The molecule has 0 aliphatic carbocycles. The van der Waals surface area contributed by atoms with E-state index < -0.39 is 4.92 Å². The predicted molar refractivity (Wildman–Crippen MR) is 76.8 cm³/mol. The van der Waals surface area contributed by atoms with Gasteiger partial charge in [-0.15, -0.1) is 0 Å². The van der Waals surface area contributed by atoms with Crippen LogP contribution in [0.5, 0.6) is 0 Å². The number of anilines is 2. The number of rotatable bonds is 8. The molecule has 0 aromatic carbocycles. The van der Waals surface area contributed by atoms with Gasteiger partial charge in [-0.1, -0.05) is 13.8 Å². The minimum Gasteiger partial charge on any atom is -0.396 e. The highest BCUT2D eigenvalue weighted by molar-refractivity contribution is 5.56. The van der Waals surface area contributed by atoms with Crippen molar-refractivity contribution in [2.24, 2.45) is 5.41 Å². The van der Waals surface area contributed by atoms with Gasteiger partial charge in [0.05, 0.1) is 4.92 Å². The van der Waals surface area contributed by atoms with Crippen molar-refractivity contribution in [1.82, 2.24) is 9.97 Å². The topological polar surface area (TPSA) is 113 Å². The lowest BCUT2D eigenvalue weighted by Crippen LogP contribution is -2.24. The highest BCUT2D eigenvalue weighted by Crippen LogP contribution is 2.26. The van der Waals surface area contributed by atoms with Crippen LogP contribution in [0.2, 0.25) is 0 Å². The van der Waals surface area contributed by atoms with E-state index in [0.29, 0.717) is 18.9 Å². The molecule has 0 aliphatic rings. The van der Waals surface area contributed by atoms with Gasteiger partial charge in [-0.05, 0) is 18.3 Å². The number of nitrogens with zero attached hydrogens (tertiary/aromatic N) is 3. The Labute approximate surface area is 117 Å². The fraction of sp³-hybridized carbons (Fsp3) is 0.667. The Morgan fingerprint density at radius 1 is 1.50 bits per heavy atom. The summed E-state index contributed by atoms with van der Waals surface area (Å²) in [6, 6.07) is 0. The van der Waals surface area contributed by atoms with Crippen LogP contribution >= 0.6 is 0 Å². The Morgan fingerprint density at radius 3 is 2.75 bits per heavy atom. The van der Waals surface area contributed by atoms with E-state index in [0.717, 1.165) is 6.42 Å². The molecular weight excluding hydrogens is 262 g/mol. The second kappa shape index (κ2) is 6.99. The zero-order valence-corrected chi connectivity index (χ0v) is 12.0. The monoisotopic (exact) mass is 283 g/mol. The SMILES string of the molecule is CNc1ncc([N+](=O)[O-])c(NCC(C)(C)CCCO)n1. The lowest BCUT2D eigenvalue weighted by atomic mass is 9.88. The highest BCUT2D eigenvalue weighted by Gasteiger charge is 2.21. The summed E-state index contributed by atoms with van der Waals surface area (Å²) in [5, 5.41) is 25.6. The van der Waals surface area contributed by atoms with Crippen molar-refractivity contribution in [2.75, 3.05) is 30.8 Å². The van der Waals surface area contributed by atoms with Gasteiger partial charge in [-0.3, -0.25) is 10.1 Å². The first-order chi connectivity index (χ1) is 9.39. The maximum Gasteiger partial charge on any atom is 0.329 e. The van der Waals surface area contributed by atoms with E-state index >= 15 is 0 Å². The maximum atomic E-state index is 11.0. The summed E-state index contributed by atoms with van der Waals surface area (Å²) in [6.07, 6.45) is 2.69. The minimum absolute atomic E-state index is 0.0959. The standard InChI is InChI=1S/C12H21N5O3/c1-12(2,5-4-6-18)8-15-10-9(17(19)20)7-14-11(13-3)16-10/h7,18H,4-6,8H2,1-3H3,(H2,13,14,15,16). The van der Waals surface area contributed by atoms with Crippen LogP contribution in [-0.2, 0) is 0 Å².